The van der Waals surface area contributed by atoms with Gasteiger partial charge in [-0.2, -0.15) is 0 Å². The average Bonchev–Trinajstić information content (AvgIpc) is 2.49. The van der Waals surface area contributed by atoms with Gasteiger partial charge in [-0.15, -0.1) is 0 Å². The highest BCUT2D eigenvalue weighted by Crippen LogP contribution is 2.36. The van der Waals surface area contributed by atoms with Gasteiger partial charge in [-0.1, -0.05) is 0 Å². The van der Waals surface area contributed by atoms with Gasteiger partial charge in [-0.05, 0) is 18.6 Å². The van der Waals surface area contributed by atoms with Gasteiger partial charge < -0.3 is 20.2 Å². The van der Waals surface area contributed by atoms with Crippen LogP contribution in [0.1, 0.15) is 17.7 Å². The number of aromatic nitrogens is 1. The molecule has 0 saturated carbocycles. The standard InChI is InChI=1S/C13H16N2O2/c1-8-10(7-14)9-5-12-13(6-11(9)15-8)17-4-2-3-16-12/h5-6,15H,2-4,7,14H2,1H3. The third-order valence-electron chi connectivity index (χ3n) is 3.19. The first-order valence-corrected chi connectivity index (χ1v) is 5.90. The molecule has 1 aromatic carbocycles. The molecule has 90 valence electrons. The molecule has 0 radical (unpaired) electrons. The van der Waals surface area contributed by atoms with Crippen molar-refractivity contribution in [2.24, 2.45) is 5.73 Å². The maximum atomic E-state index is 5.78. The third-order valence-corrected chi connectivity index (χ3v) is 3.19. The van der Waals surface area contributed by atoms with Crippen LogP contribution in [0.4, 0.5) is 0 Å². The zero-order chi connectivity index (χ0) is 11.8. The number of hydrogen-bond donors (Lipinski definition) is 2. The van der Waals surface area contributed by atoms with E-state index in [4.69, 9.17) is 15.2 Å². The monoisotopic (exact) mass is 232 g/mol. The Bertz CT molecular complexity index is 560. The number of fused-ring (bicyclic) bond motifs is 2. The molecule has 3 rings (SSSR count). The molecule has 0 aliphatic carbocycles. The number of benzene rings is 1. The summed E-state index contributed by atoms with van der Waals surface area (Å²) in [7, 11) is 0. The number of nitrogens with one attached hydrogen (secondary N) is 1. The Balaban J connectivity index is 2.22. The predicted octanol–water partition coefficient (Wildman–Crippen LogP) is 2.10. The Kier molecular flexibility index (Phi) is 2.44. The van der Waals surface area contributed by atoms with Crippen LogP contribution in [0, 0.1) is 6.92 Å². The minimum absolute atomic E-state index is 0.533. The lowest BCUT2D eigenvalue weighted by Gasteiger charge is -2.07. The van der Waals surface area contributed by atoms with Crippen molar-refractivity contribution in [2.45, 2.75) is 19.9 Å². The van der Waals surface area contributed by atoms with Crippen molar-refractivity contribution >= 4 is 10.9 Å². The number of aryl methyl sites for hydroxylation is 1. The molecular weight excluding hydrogens is 216 g/mol. The molecule has 0 fully saturated rings. The van der Waals surface area contributed by atoms with E-state index in [2.05, 4.69) is 4.98 Å². The Morgan fingerprint density at radius 3 is 2.65 bits per heavy atom. The summed E-state index contributed by atoms with van der Waals surface area (Å²) in [5, 5.41) is 1.13. The van der Waals surface area contributed by atoms with Gasteiger partial charge >= 0.3 is 0 Å². The molecule has 4 heteroatoms. The number of hydrogen-bond acceptors (Lipinski definition) is 3. The van der Waals surface area contributed by atoms with Crippen LogP contribution in [-0.4, -0.2) is 18.2 Å². The topological polar surface area (TPSA) is 60.3 Å². The van der Waals surface area contributed by atoms with Gasteiger partial charge in [0.25, 0.3) is 0 Å². The fourth-order valence-corrected chi connectivity index (χ4v) is 2.30. The Hall–Kier alpha value is -1.68. The predicted molar refractivity (Wildman–Crippen MR) is 66.5 cm³/mol. The first-order chi connectivity index (χ1) is 8.29. The second kappa shape index (κ2) is 3.96. The van der Waals surface area contributed by atoms with E-state index in [9.17, 15) is 0 Å². The smallest absolute Gasteiger partial charge is 0.163 e. The SMILES string of the molecule is Cc1[nH]c2cc3c(cc2c1CN)OCCCO3. The van der Waals surface area contributed by atoms with Gasteiger partial charge in [-0.3, -0.25) is 0 Å². The van der Waals surface area contributed by atoms with E-state index in [1.165, 1.54) is 0 Å². The second-order valence-electron chi connectivity index (χ2n) is 4.33. The summed E-state index contributed by atoms with van der Waals surface area (Å²) in [6, 6.07) is 4.03. The summed E-state index contributed by atoms with van der Waals surface area (Å²) in [4.78, 5) is 3.33. The van der Waals surface area contributed by atoms with E-state index in [0.717, 1.165) is 40.1 Å². The molecule has 0 atom stereocenters. The molecular formula is C13H16N2O2. The fourth-order valence-electron chi connectivity index (χ4n) is 2.30. The Morgan fingerprint density at radius 2 is 1.94 bits per heavy atom. The van der Waals surface area contributed by atoms with Crippen LogP contribution >= 0.6 is 0 Å². The zero-order valence-corrected chi connectivity index (χ0v) is 9.88. The number of aromatic amines is 1. The van der Waals surface area contributed by atoms with Crippen molar-refractivity contribution in [3.05, 3.63) is 23.4 Å². The summed E-state index contributed by atoms with van der Waals surface area (Å²) in [5.41, 5.74) is 9.10. The lowest BCUT2D eigenvalue weighted by Crippen LogP contribution is -1.98. The molecule has 1 aliphatic heterocycles. The van der Waals surface area contributed by atoms with Crippen LogP contribution in [0.15, 0.2) is 12.1 Å². The van der Waals surface area contributed by atoms with E-state index in [1.54, 1.807) is 0 Å². The lowest BCUT2D eigenvalue weighted by molar-refractivity contribution is 0.297. The minimum atomic E-state index is 0.533. The van der Waals surface area contributed by atoms with Crippen molar-refractivity contribution in [3.63, 3.8) is 0 Å². The Morgan fingerprint density at radius 1 is 1.24 bits per heavy atom. The summed E-state index contributed by atoms with van der Waals surface area (Å²) in [6.45, 7) is 3.99. The van der Waals surface area contributed by atoms with Crippen LogP contribution in [0.3, 0.4) is 0 Å². The van der Waals surface area contributed by atoms with Gasteiger partial charge in [0.05, 0.1) is 13.2 Å². The normalized spacial score (nSPS) is 14.9. The number of ether oxygens (including phenoxy) is 2. The molecule has 1 aromatic heterocycles. The first kappa shape index (κ1) is 10.5. The molecule has 1 aliphatic rings. The molecule has 17 heavy (non-hydrogen) atoms. The van der Waals surface area contributed by atoms with Gasteiger partial charge in [0.15, 0.2) is 11.5 Å². The largest absolute Gasteiger partial charge is 0.490 e. The van der Waals surface area contributed by atoms with E-state index < -0.39 is 0 Å². The van der Waals surface area contributed by atoms with Gasteiger partial charge in [0, 0.05) is 35.6 Å². The summed E-state index contributed by atoms with van der Waals surface area (Å²) < 4.78 is 11.3. The second-order valence-corrected chi connectivity index (χ2v) is 4.33. The van der Waals surface area contributed by atoms with E-state index in [-0.39, 0.29) is 0 Å². The van der Waals surface area contributed by atoms with E-state index in [0.29, 0.717) is 19.8 Å². The lowest BCUT2D eigenvalue weighted by atomic mass is 10.1. The fraction of sp³-hybridized carbons (Fsp3) is 0.385. The first-order valence-electron chi connectivity index (χ1n) is 5.90. The molecule has 0 spiro atoms. The minimum Gasteiger partial charge on any atom is -0.490 e. The maximum absolute atomic E-state index is 5.78. The van der Waals surface area contributed by atoms with Crippen molar-refractivity contribution in [1.82, 2.24) is 4.98 Å². The maximum Gasteiger partial charge on any atom is 0.163 e. The van der Waals surface area contributed by atoms with Crippen LogP contribution in [0.2, 0.25) is 0 Å². The van der Waals surface area contributed by atoms with Crippen LogP contribution in [0.5, 0.6) is 11.5 Å². The van der Waals surface area contributed by atoms with Crippen molar-refractivity contribution in [2.75, 3.05) is 13.2 Å². The van der Waals surface area contributed by atoms with Crippen molar-refractivity contribution in [3.8, 4) is 11.5 Å². The van der Waals surface area contributed by atoms with Gasteiger partial charge in [0.2, 0.25) is 0 Å². The molecule has 0 unspecified atom stereocenters. The van der Waals surface area contributed by atoms with Crippen LogP contribution < -0.4 is 15.2 Å². The van der Waals surface area contributed by atoms with Gasteiger partial charge in [0.1, 0.15) is 0 Å². The molecule has 2 aromatic rings. The highest BCUT2D eigenvalue weighted by atomic mass is 16.5. The quantitative estimate of drug-likeness (QED) is 0.791. The van der Waals surface area contributed by atoms with E-state index >= 15 is 0 Å². The molecule has 0 saturated heterocycles. The van der Waals surface area contributed by atoms with Crippen molar-refractivity contribution < 1.29 is 9.47 Å². The molecule has 0 bridgehead atoms. The molecule has 4 nitrogen and oxygen atoms in total. The number of H-pyrrole nitrogens is 1. The van der Waals surface area contributed by atoms with Crippen molar-refractivity contribution in [1.29, 1.82) is 0 Å². The Labute approximate surface area is 99.7 Å². The summed E-state index contributed by atoms with van der Waals surface area (Å²) >= 11 is 0. The number of rotatable bonds is 1. The molecule has 3 N–H and O–H groups in total. The van der Waals surface area contributed by atoms with Crippen LogP contribution in [-0.2, 0) is 6.54 Å². The van der Waals surface area contributed by atoms with Gasteiger partial charge in [-0.25, -0.2) is 0 Å². The average molecular weight is 232 g/mol. The summed E-state index contributed by atoms with van der Waals surface area (Å²) in [6.07, 6.45) is 0.922. The zero-order valence-electron chi connectivity index (χ0n) is 9.88. The van der Waals surface area contributed by atoms with E-state index in [1.807, 2.05) is 19.1 Å². The number of nitrogens with two attached hydrogens (primary N) is 1. The molecule has 2 heterocycles. The third kappa shape index (κ3) is 1.65. The highest BCUT2D eigenvalue weighted by molar-refractivity contribution is 5.88. The highest BCUT2D eigenvalue weighted by Gasteiger charge is 2.15. The summed E-state index contributed by atoms with van der Waals surface area (Å²) in [5.74, 6) is 1.64. The molecule has 0 amide bonds. The van der Waals surface area contributed by atoms with Crippen LogP contribution in [0.25, 0.3) is 10.9 Å².